The van der Waals surface area contributed by atoms with Gasteiger partial charge in [0.1, 0.15) is 0 Å². The number of amides is 2. The zero-order chi connectivity index (χ0) is 22.8. The van der Waals surface area contributed by atoms with Crippen LogP contribution in [0.1, 0.15) is 16.1 Å². The summed E-state index contributed by atoms with van der Waals surface area (Å²) in [5.74, 6) is 0.544. The van der Waals surface area contributed by atoms with Crippen molar-refractivity contribution in [1.29, 1.82) is 0 Å². The zero-order valence-corrected chi connectivity index (χ0v) is 19.1. The van der Waals surface area contributed by atoms with Gasteiger partial charge in [-0.3, -0.25) is 14.2 Å². The van der Waals surface area contributed by atoms with Crippen molar-refractivity contribution in [3.05, 3.63) is 78.3 Å². The lowest BCUT2D eigenvalue weighted by molar-refractivity contribution is -0.129. The van der Waals surface area contributed by atoms with Crippen molar-refractivity contribution in [1.82, 2.24) is 19.4 Å². The topological polar surface area (TPSA) is 71.6 Å². The third kappa shape index (κ3) is 4.39. The predicted octanol–water partition coefficient (Wildman–Crippen LogP) is 4.00. The van der Waals surface area contributed by atoms with E-state index in [2.05, 4.69) is 29.7 Å². The van der Waals surface area contributed by atoms with Crippen molar-refractivity contribution in [3.63, 3.8) is 0 Å². The van der Waals surface area contributed by atoms with Crippen LogP contribution in [0.25, 0.3) is 16.7 Å². The molecule has 0 bridgehead atoms. The maximum absolute atomic E-state index is 12.9. The number of para-hydroxylation sites is 2. The number of fused-ring (bicyclic) bond motifs is 1. The molecule has 1 saturated heterocycles. The molecule has 168 valence electrons. The Hall–Kier alpha value is -3.52. The van der Waals surface area contributed by atoms with E-state index in [1.54, 1.807) is 17.0 Å². The first-order valence-electron chi connectivity index (χ1n) is 10.9. The second-order valence-electron chi connectivity index (χ2n) is 8.00. The van der Waals surface area contributed by atoms with E-state index in [9.17, 15) is 9.59 Å². The second kappa shape index (κ2) is 9.15. The smallest absolute Gasteiger partial charge is 0.289 e. The van der Waals surface area contributed by atoms with Gasteiger partial charge in [0.05, 0.1) is 23.0 Å². The van der Waals surface area contributed by atoms with Gasteiger partial charge in [0.2, 0.25) is 5.91 Å². The van der Waals surface area contributed by atoms with Crippen LogP contribution < -0.4 is 0 Å². The maximum Gasteiger partial charge on any atom is 0.289 e. The van der Waals surface area contributed by atoms with Gasteiger partial charge in [-0.05, 0) is 48.9 Å². The average molecular weight is 461 g/mol. The molecule has 2 amide bonds. The van der Waals surface area contributed by atoms with E-state index in [1.807, 2.05) is 35.2 Å². The fraction of sp³-hybridized carbons (Fsp3) is 0.240. The fourth-order valence-corrected chi connectivity index (χ4v) is 4.98. The van der Waals surface area contributed by atoms with E-state index in [-0.39, 0.29) is 11.8 Å². The van der Waals surface area contributed by atoms with Gasteiger partial charge in [0.15, 0.2) is 10.9 Å². The molecular formula is C25H24N4O3S. The van der Waals surface area contributed by atoms with Crippen LogP contribution in [0.2, 0.25) is 0 Å². The molecule has 7 nitrogen and oxygen atoms in total. The molecule has 0 radical (unpaired) electrons. The molecule has 33 heavy (non-hydrogen) atoms. The van der Waals surface area contributed by atoms with Gasteiger partial charge in [-0.25, -0.2) is 4.98 Å². The van der Waals surface area contributed by atoms with Crippen LogP contribution >= 0.6 is 11.8 Å². The summed E-state index contributed by atoms with van der Waals surface area (Å²) < 4.78 is 7.32. The molecule has 4 aromatic rings. The Morgan fingerprint density at radius 3 is 2.52 bits per heavy atom. The van der Waals surface area contributed by atoms with Gasteiger partial charge >= 0.3 is 0 Å². The lowest BCUT2D eigenvalue weighted by Gasteiger charge is -2.34. The molecule has 0 saturated carbocycles. The first kappa shape index (κ1) is 21.3. The Kier molecular flexibility index (Phi) is 5.92. The number of benzene rings is 2. The summed E-state index contributed by atoms with van der Waals surface area (Å²) in [6.45, 7) is 4.09. The van der Waals surface area contributed by atoms with Crippen LogP contribution in [0.15, 0.2) is 76.5 Å². The van der Waals surface area contributed by atoms with Crippen molar-refractivity contribution >= 4 is 34.6 Å². The lowest BCUT2D eigenvalue weighted by atomic mass is 10.2. The Labute approximate surface area is 196 Å². The summed E-state index contributed by atoms with van der Waals surface area (Å²) in [6.07, 6.45) is 1.49. The van der Waals surface area contributed by atoms with Crippen molar-refractivity contribution in [2.24, 2.45) is 0 Å². The number of hydrogen-bond acceptors (Lipinski definition) is 5. The monoisotopic (exact) mass is 460 g/mol. The molecule has 1 aliphatic rings. The third-order valence-electron chi connectivity index (χ3n) is 5.77. The molecule has 0 unspecified atom stereocenters. The SMILES string of the molecule is Cc1cccc(-n2c(SCC(=O)N3CCN(C(=O)c4ccco4)CC3)nc3ccccc32)c1. The van der Waals surface area contributed by atoms with Crippen LogP contribution in [0, 0.1) is 6.92 Å². The average Bonchev–Trinajstić information content (AvgIpc) is 3.50. The molecule has 5 rings (SSSR count). The fourth-order valence-electron chi connectivity index (χ4n) is 4.05. The number of imidazole rings is 1. The number of hydrogen-bond donors (Lipinski definition) is 0. The highest BCUT2D eigenvalue weighted by atomic mass is 32.2. The number of carbonyl (C=O) groups is 2. The highest BCUT2D eigenvalue weighted by Crippen LogP contribution is 2.28. The van der Waals surface area contributed by atoms with E-state index < -0.39 is 0 Å². The number of aryl methyl sites for hydroxylation is 1. The Bertz CT molecular complexity index is 1290. The van der Waals surface area contributed by atoms with Crippen LogP contribution in [-0.2, 0) is 4.79 Å². The van der Waals surface area contributed by atoms with E-state index in [0.717, 1.165) is 21.9 Å². The van der Waals surface area contributed by atoms with Gasteiger partial charge < -0.3 is 14.2 Å². The number of aromatic nitrogens is 2. The summed E-state index contributed by atoms with van der Waals surface area (Å²) >= 11 is 1.45. The van der Waals surface area contributed by atoms with Gasteiger partial charge in [-0.15, -0.1) is 0 Å². The standard InChI is InChI=1S/C25H24N4O3S/c1-18-6-4-7-19(16-18)29-21-9-3-2-8-20(21)26-25(29)33-17-23(30)27-11-13-28(14-12-27)24(31)22-10-5-15-32-22/h2-10,15-16H,11-14,17H2,1H3. The van der Waals surface area contributed by atoms with Crippen molar-refractivity contribution in [2.45, 2.75) is 12.1 Å². The number of piperazine rings is 1. The molecule has 2 aromatic carbocycles. The predicted molar refractivity (Wildman–Crippen MR) is 128 cm³/mol. The minimum atomic E-state index is -0.131. The molecule has 8 heteroatoms. The molecule has 0 spiro atoms. The third-order valence-corrected chi connectivity index (χ3v) is 6.69. The van der Waals surface area contributed by atoms with Crippen molar-refractivity contribution < 1.29 is 14.0 Å². The Morgan fingerprint density at radius 2 is 1.76 bits per heavy atom. The van der Waals surface area contributed by atoms with E-state index in [1.165, 1.54) is 23.6 Å². The number of rotatable bonds is 5. The minimum absolute atomic E-state index is 0.0490. The quantitative estimate of drug-likeness (QED) is 0.421. The van der Waals surface area contributed by atoms with Crippen LogP contribution in [0.3, 0.4) is 0 Å². The molecule has 1 aliphatic heterocycles. The summed E-state index contributed by atoms with van der Waals surface area (Å²) in [5.41, 5.74) is 4.12. The molecule has 2 aromatic heterocycles. The number of nitrogens with zero attached hydrogens (tertiary/aromatic N) is 4. The van der Waals surface area contributed by atoms with Crippen molar-refractivity contribution in [3.8, 4) is 5.69 Å². The summed E-state index contributed by atoms with van der Waals surface area (Å²) in [6, 6.07) is 19.6. The van der Waals surface area contributed by atoms with Gasteiger partial charge in [0, 0.05) is 31.9 Å². The minimum Gasteiger partial charge on any atom is -0.459 e. The van der Waals surface area contributed by atoms with Crippen LogP contribution in [-0.4, -0.2) is 63.1 Å². The van der Waals surface area contributed by atoms with Crippen molar-refractivity contribution in [2.75, 3.05) is 31.9 Å². The molecule has 0 N–H and O–H groups in total. The maximum atomic E-state index is 12.9. The van der Waals surface area contributed by atoms with Crippen LogP contribution in [0.4, 0.5) is 0 Å². The Balaban J connectivity index is 1.27. The number of furan rings is 1. The first-order chi connectivity index (χ1) is 16.1. The molecular weight excluding hydrogens is 436 g/mol. The van der Waals surface area contributed by atoms with E-state index in [4.69, 9.17) is 9.40 Å². The normalized spacial score (nSPS) is 14.1. The summed E-state index contributed by atoms with van der Waals surface area (Å²) in [5, 5.41) is 0.793. The second-order valence-corrected chi connectivity index (χ2v) is 8.94. The van der Waals surface area contributed by atoms with Gasteiger partial charge in [-0.1, -0.05) is 36.0 Å². The van der Waals surface area contributed by atoms with E-state index >= 15 is 0 Å². The number of thioether (sulfide) groups is 1. The summed E-state index contributed by atoms with van der Waals surface area (Å²) in [4.78, 5) is 33.7. The molecule has 0 aliphatic carbocycles. The van der Waals surface area contributed by atoms with Gasteiger partial charge in [-0.2, -0.15) is 0 Å². The first-order valence-corrected chi connectivity index (χ1v) is 11.9. The highest BCUT2D eigenvalue weighted by molar-refractivity contribution is 7.99. The zero-order valence-electron chi connectivity index (χ0n) is 18.3. The number of carbonyl (C=O) groups excluding carboxylic acids is 2. The van der Waals surface area contributed by atoms with Gasteiger partial charge in [0.25, 0.3) is 5.91 Å². The molecule has 1 fully saturated rings. The van der Waals surface area contributed by atoms with E-state index in [0.29, 0.717) is 37.7 Å². The highest BCUT2D eigenvalue weighted by Gasteiger charge is 2.26. The Morgan fingerprint density at radius 1 is 0.970 bits per heavy atom. The van der Waals surface area contributed by atoms with Crippen LogP contribution in [0.5, 0.6) is 0 Å². The summed E-state index contributed by atoms with van der Waals surface area (Å²) in [7, 11) is 0. The lowest BCUT2D eigenvalue weighted by Crippen LogP contribution is -2.51. The largest absolute Gasteiger partial charge is 0.459 e. The molecule has 3 heterocycles. The molecule has 0 atom stereocenters.